The summed E-state index contributed by atoms with van der Waals surface area (Å²) >= 11 is 0. The normalized spacial score (nSPS) is 10.5. The highest BCUT2D eigenvalue weighted by atomic mass is 15.6. The Kier molecular flexibility index (Phi) is 5.72. The number of rotatable bonds is 3. The summed E-state index contributed by atoms with van der Waals surface area (Å²) in [6, 6.07) is 2.03. The summed E-state index contributed by atoms with van der Waals surface area (Å²) in [5, 5.41) is 5.04. The third-order valence-corrected chi connectivity index (χ3v) is 2.84. The predicted octanol–water partition coefficient (Wildman–Crippen LogP) is 1.24. The molecule has 0 bridgehead atoms. The van der Waals surface area contributed by atoms with Crippen LogP contribution in [0.1, 0.15) is 13.3 Å². The molecule has 106 valence electrons. The number of nitrogens with zero attached hydrogens (tertiary/aromatic N) is 5. The number of nitrogens with two attached hydrogens (primary N) is 1. The lowest BCUT2D eigenvalue weighted by Crippen LogP contribution is -2.33. The molecule has 2 heterocycles. The second-order valence-corrected chi connectivity index (χ2v) is 4.52. The van der Waals surface area contributed by atoms with Crippen molar-refractivity contribution in [3.63, 3.8) is 0 Å². The Balaban J connectivity index is 0.000000399. The van der Waals surface area contributed by atoms with Crippen molar-refractivity contribution in [1.82, 2.24) is 19.5 Å². The van der Waals surface area contributed by atoms with Crippen LogP contribution in [0.15, 0.2) is 18.6 Å². The maximum absolute atomic E-state index is 5.03. The third-order valence-electron chi connectivity index (χ3n) is 2.84. The van der Waals surface area contributed by atoms with Crippen LogP contribution in [0.3, 0.4) is 0 Å². The quantitative estimate of drug-likeness (QED) is 0.845. The van der Waals surface area contributed by atoms with Crippen molar-refractivity contribution in [2.75, 3.05) is 32.7 Å². The van der Waals surface area contributed by atoms with Crippen LogP contribution in [-0.2, 0) is 7.05 Å². The van der Waals surface area contributed by atoms with Crippen LogP contribution in [0.4, 0.5) is 5.82 Å². The fourth-order valence-electron chi connectivity index (χ4n) is 1.51. The molecule has 0 aliphatic rings. The van der Waals surface area contributed by atoms with Gasteiger partial charge in [0.2, 0.25) is 0 Å². The summed E-state index contributed by atoms with van der Waals surface area (Å²) in [7, 11) is 7.93. The maximum Gasteiger partial charge on any atom is 0.155 e. The van der Waals surface area contributed by atoms with E-state index in [1.165, 1.54) is 0 Å². The molecule has 2 aromatic rings. The average molecular weight is 264 g/mol. The standard InChI is InChI=1S/C10H15N5.C3H9N/c1-13(2)15(4)10-8-5-6-14(3)9(8)11-7-12-10;1-2-3-4/h5-7H,1-4H3;2-4H2,1H3. The summed E-state index contributed by atoms with van der Waals surface area (Å²) in [5.74, 6) is 0.922. The molecule has 0 radical (unpaired) electrons. The van der Waals surface area contributed by atoms with E-state index in [4.69, 9.17) is 5.73 Å². The SMILES string of the molecule is CCCN.CN(C)N(C)c1ncnc2c1ccn2C. The van der Waals surface area contributed by atoms with Crippen LogP contribution in [0.25, 0.3) is 11.0 Å². The number of hydrogen-bond donors (Lipinski definition) is 1. The summed E-state index contributed by atoms with van der Waals surface area (Å²) in [6.45, 7) is 2.88. The predicted molar refractivity (Wildman–Crippen MR) is 79.9 cm³/mol. The average Bonchev–Trinajstić information content (AvgIpc) is 2.80. The summed E-state index contributed by atoms with van der Waals surface area (Å²) in [6.07, 6.45) is 4.68. The molecule has 0 aliphatic carbocycles. The largest absolute Gasteiger partial charge is 0.335 e. The Labute approximate surface area is 114 Å². The minimum atomic E-state index is 0.819. The fourth-order valence-corrected chi connectivity index (χ4v) is 1.51. The second-order valence-electron chi connectivity index (χ2n) is 4.52. The van der Waals surface area contributed by atoms with E-state index in [0.717, 1.165) is 29.8 Å². The molecule has 0 fully saturated rings. The summed E-state index contributed by atoms with van der Waals surface area (Å²) in [4.78, 5) is 8.55. The molecule has 0 atom stereocenters. The summed E-state index contributed by atoms with van der Waals surface area (Å²) < 4.78 is 1.99. The van der Waals surface area contributed by atoms with E-state index in [0.29, 0.717) is 0 Å². The monoisotopic (exact) mass is 264 g/mol. The first-order valence-corrected chi connectivity index (χ1v) is 6.40. The van der Waals surface area contributed by atoms with Crippen LogP contribution >= 0.6 is 0 Å². The minimum Gasteiger partial charge on any atom is -0.335 e. The zero-order valence-electron chi connectivity index (χ0n) is 12.5. The molecule has 6 nitrogen and oxygen atoms in total. The van der Waals surface area contributed by atoms with E-state index in [1.54, 1.807) is 6.33 Å². The molecule has 2 aromatic heterocycles. The molecule has 0 aromatic carbocycles. The van der Waals surface area contributed by atoms with Crippen molar-refractivity contribution in [2.24, 2.45) is 12.8 Å². The molecule has 6 heteroatoms. The molecule has 0 aliphatic heterocycles. The molecule has 0 unspecified atom stereocenters. The molecular weight excluding hydrogens is 240 g/mol. The Morgan fingerprint density at radius 2 is 1.89 bits per heavy atom. The highest BCUT2D eigenvalue weighted by Gasteiger charge is 2.11. The van der Waals surface area contributed by atoms with Crippen LogP contribution in [0.2, 0.25) is 0 Å². The summed E-state index contributed by atoms with van der Waals surface area (Å²) in [5.41, 5.74) is 5.98. The first-order valence-electron chi connectivity index (χ1n) is 6.40. The molecule has 0 saturated heterocycles. The Bertz CT molecular complexity index is 503. The number of hydrazine groups is 1. The second kappa shape index (κ2) is 7.06. The van der Waals surface area contributed by atoms with Gasteiger partial charge in [-0.1, -0.05) is 6.92 Å². The van der Waals surface area contributed by atoms with Gasteiger partial charge in [-0.25, -0.2) is 15.0 Å². The van der Waals surface area contributed by atoms with Gasteiger partial charge in [0.05, 0.1) is 5.39 Å². The van der Waals surface area contributed by atoms with Crippen LogP contribution in [0.5, 0.6) is 0 Å². The van der Waals surface area contributed by atoms with Gasteiger partial charge in [0, 0.05) is 34.4 Å². The zero-order valence-corrected chi connectivity index (χ0v) is 12.5. The number of anilines is 1. The Morgan fingerprint density at radius 1 is 1.26 bits per heavy atom. The molecule has 2 rings (SSSR count). The van der Waals surface area contributed by atoms with E-state index in [-0.39, 0.29) is 0 Å². The van der Waals surface area contributed by atoms with E-state index >= 15 is 0 Å². The van der Waals surface area contributed by atoms with Crippen LogP contribution in [-0.4, -0.2) is 47.2 Å². The lowest BCUT2D eigenvalue weighted by molar-refractivity contribution is 0.395. The van der Waals surface area contributed by atoms with Gasteiger partial charge in [0.1, 0.15) is 12.0 Å². The van der Waals surface area contributed by atoms with Gasteiger partial charge in [-0.3, -0.25) is 5.01 Å². The van der Waals surface area contributed by atoms with Crippen LogP contribution in [0, 0.1) is 0 Å². The van der Waals surface area contributed by atoms with Crippen molar-refractivity contribution >= 4 is 16.9 Å². The maximum atomic E-state index is 5.03. The Hall–Kier alpha value is -1.66. The van der Waals surface area contributed by atoms with E-state index in [2.05, 4.69) is 16.9 Å². The molecule has 2 N–H and O–H groups in total. The first-order chi connectivity index (χ1) is 9.02. The van der Waals surface area contributed by atoms with Crippen molar-refractivity contribution in [1.29, 1.82) is 0 Å². The zero-order chi connectivity index (χ0) is 14.4. The number of fused-ring (bicyclic) bond motifs is 1. The van der Waals surface area contributed by atoms with Crippen LogP contribution < -0.4 is 10.7 Å². The fraction of sp³-hybridized carbons (Fsp3) is 0.538. The van der Waals surface area contributed by atoms with E-state index in [1.807, 2.05) is 55.0 Å². The first kappa shape index (κ1) is 15.4. The van der Waals surface area contributed by atoms with Gasteiger partial charge >= 0.3 is 0 Å². The highest BCUT2D eigenvalue weighted by Crippen LogP contribution is 2.22. The van der Waals surface area contributed by atoms with E-state index in [9.17, 15) is 0 Å². The minimum absolute atomic E-state index is 0.819. The van der Waals surface area contributed by atoms with Gasteiger partial charge in [0.15, 0.2) is 5.82 Å². The van der Waals surface area contributed by atoms with Gasteiger partial charge < -0.3 is 10.3 Å². The number of hydrogen-bond acceptors (Lipinski definition) is 5. The van der Waals surface area contributed by atoms with Gasteiger partial charge in [-0.05, 0) is 19.0 Å². The smallest absolute Gasteiger partial charge is 0.155 e. The molecular formula is C13H24N6. The van der Waals surface area contributed by atoms with Gasteiger partial charge in [-0.15, -0.1) is 0 Å². The van der Waals surface area contributed by atoms with Gasteiger partial charge in [-0.2, -0.15) is 0 Å². The lowest BCUT2D eigenvalue weighted by Gasteiger charge is -2.25. The van der Waals surface area contributed by atoms with Crippen molar-refractivity contribution in [3.05, 3.63) is 18.6 Å². The topological polar surface area (TPSA) is 63.2 Å². The lowest BCUT2D eigenvalue weighted by atomic mass is 10.4. The number of aryl methyl sites for hydroxylation is 1. The van der Waals surface area contributed by atoms with E-state index < -0.39 is 0 Å². The Morgan fingerprint density at radius 3 is 2.42 bits per heavy atom. The molecule has 0 spiro atoms. The molecule has 19 heavy (non-hydrogen) atoms. The third kappa shape index (κ3) is 3.65. The molecule has 0 saturated carbocycles. The number of aromatic nitrogens is 3. The van der Waals surface area contributed by atoms with Crippen molar-refractivity contribution < 1.29 is 0 Å². The van der Waals surface area contributed by atoms with Gasteiger partial charge in [0.25, 0.3) is 0 Å². The van der Waals surface area contributed by atoms with Crippen molar-refractivity contribution in [3.8, 4) is 0 Å². The highest BCUT2D eigenvalue weighted by molar-refractivity contribution is 5.87. The van der Waals surface area contributed by atoms with Crippen molar-refractivity contribution in [2.45, 2.75) is 13.3 Å². The molecule has 0 amide bonds.